The average Bonchev–Trinajstić information content (AvgIpc) is 3.50. The van der Waals surface area contributed by atoms with Gasteiger partial charge in [-0.3, -0.25) is 4.79 Å². The molecule has 1 amide bonds. The van der Waals surface area contributed by atoms with Crippen molar-refractivity contribution in [2.24, 2.45) is 11.3 Å². The van der Waals surface area contributed by atoms with Crippen LogP contribution in [0.5, 0.6) is 11.5 Å². The maximum Gasteiger partial charge on any atom is 0.248 e. The van der Waals surface area contributed by atoms with Crippen molar-refractivity contribution < 1.29 is 24.5 Å². The number of carbonyl (C=O) groups is 1. The van der Waals surface area contributed by atoms with Crippen molar-refractivity contribution in [3.63, 3.8) is 0 Å². The molecular weight excluding hydrogens is 406 g/mol. The summed E-state index contributed by atoms with van der Waals surface area (Å²) < 4.78 is 11.8. The highest BCUT2D eigenvalue weighted by Crippen LogP contribution is 2.49. The molecule has 172 valence electrons. The van der Waals surface area contributed by atoms with Gasteiger partial charge in [0.15, 0.2) is 11.5 Å². The summed E-state index contributed by atoms with van der Waals surface area (Å²) >= 11 is 0. The molecule has 0 spiro atoms. The first-order chi connectivity index (χ1) is 15.4. The minimum absolute atomic E-state index is 0.0794. The van der Waals surface area contributed by atoms with Crippen molar-refractivity contribution >= 4 is 5.91 Å². The number of methoxy groups -OCH3 is 1. The Morgan fingerprint density at radius 2 is 1.94 bits per heavy atom. The molecule has 2 aliphatic rings. The summed E-state index contributed by atoms with van der Waals surface area (Å²) in [6.45, 7) is 4.70. The quantitative estimate of drug-likeness (QED) is 0.661. The molecule has 6 heteroatoms. The molecule has 0 radical (unpaired) electrons. The molecule has 1 unspecified atom stereocenters. The highest BCUT2D eigenvalue weighted by Gasteiger charge is 2.48. The predicted octanol–water partition coefficient (Wildman–Crippen LogP) is 3.18. The third kappa shape index (κ3) is 4.34. The van der Waals surface area contributed by atoms with Gasteiger partial charge < -0.3 is 24.6 Å². The maximum atomic E-state index is 12.2. The molecule has 32 heavy (non-hydrogen) atoms. The predicted molar refractivity (Wildman–Crippen MR) is 122 cm³/mol. The largest absolute Gasteiger partial charge is 0.493 e. The van der Waals surface area contributed by atoms with E-state index < -0.39 is 18.1 Å². The topological polar surface area (TPSA) is 79.2 Å². The highest BCUT2D eigenvalue weighted by atomic mass is 16.5. The number of amides is 1. The van der Waals surface area contributed by atoms with E-state index in [1.165, 1.54) is 5.56 Å². The molecule has 2 aromatic carbocycles. The first kappa shape index (κ1) is 22.6. The second-order valence-corrected chi connectivity index (χ2v) is 9.40. The summed E-state index contributed by atoms with van der Waals surface area (Å²) in [5.41, 5.74) is 1.83. The molecule has 1 aliphatic heterocycles. The lowest BCUT2D eigenvalue weighted by molar-refractivity contribution is -0.133. The number of hydrogen-bond donors (Lipinski definition) is 2. The van der Waals surface area contributed by atoms with Gasteiger partial charge in [0.2, 0.25) is 5.91 Å². The molecule has 2 N–H and O–H groups in total. The zero-order chi connectivity index (χ0) is 22.9. The number of aliphatic hydroxyl groups excluding tert-OH is 2. The van der Waals surface area contributed by atoms with E-state index in [2.05, 4.69) is 24.3 Å². The molecule has 4 rings (SSSR count). The van der Waals surface area contributed by atoms with Gasteiger partial charge in [-0.05, 0) is 42.5 Å². The SMILES string of the molecule is COc1ccc([C@@H]2CN(C(=O)CO)C[C@@]2(C)[C@@H](C)O)cc1OCC1C[C@H]1c1ccccc1. The van der Waals surface area contributed by atoms with Crippen LogP contribution in [0.25, 0.3) is 0 Å². The van der Waals surface area contributed by atoms with E-state index in [0.717, 1.165) is 12.0 Å². The average molecular weight is 440 g/mol. The molecule has 0 bridgehead atoms. The van der Waals surface area contributed by atoms with Crippen LogP contribution >= 0.6 is 0 Å². The normalized spacial score (nSPS) is 27.8. The van der Waals surface area contributed by atoms with Crippen molar-refractivity contribution in [3.05, 3.63) is 59.7 Å². The van der Waals surface area contributed by atoms with E-state index in [4.69, 9.17) is 9.47 Å². The highest BCUT2D eigenvalue weighted by molar-refractivity contribution is 5.77. The number of likely N-dealkylation sites (tertiary alicyclic amines) is 1. The number of ether oxygens (including phenoxy) is 2. The van der Waals surface area contributed by atoms with Crippen LogP contribution in [-0.2, 0) is 4.79 Å². The van der Waals surface area contributed by atoms with Gasteiger partial charge >= 0.3 is 0 Å². The first-order valence-corrected chi connectivity index (χ1v) is 11.3. The Morgan fingerprint density at radius 3 is 2.59 bits per heavy atom. The molecule has 1 aliphatic carbocycles. The summed E-state index contributed by atoms with van der Waals surface area (Å²) in [5.74, 6) is 1.98. The molecule has 2 fully saturated rings. The smallest absolute Gasteiger partial charge is 0.248 e. The van der Waals surface area contributed by atoms with E-state index in [1.54, 1.807) is 18.9 Å². The summed E-state index contributed by atoms with van der Waals surface area (Å²) in [4.78, 5) is 13.8. The van der Waals surface area contributed by atoms with Crippen molar-refractivity contribution in [3.8, 4) is 11.5 Å². The Balaban J connectivity index is 1.52. The van der Waals surface area contributed by atoms with Crippen LogP contribution in [0.1, 0.15) is 43.2 Å². The van der Waals surface area contributed by atoms with Crippen molar-refractivity contribution in [1.29, 1.82) is 0 Å². The van der Waals surface area contributed by atoms with Gasteiger partial charge in [0, 0.05) is 30.3 Å². The van der Waals surface area contributed by atoms with E-state index in [-0.39, 0.29) is 11.8 Å². The summed E-state index contributed by atoms with van der Waals surface area (Å²) in [5, 5.41) is 19.9. The van der Waals surface area contributed by atoms with E-state index in [0.29, 0.717) is 43.0 Å². The van der Waals surface area contributed by atoms with Crippen molar-refractivity contribution in [2.75, 3.05) is 33.4 Å². The van der Waals surface area contributed by atoms with E-state index >= 15 is 0 Å². The van der Waals surface area contributed by atoms with Crippen LogP contribution in [0, 0.1) is 11.3 Å². The maximum absolute atomic E-state index is 12.2. The number of benzene rings is 2. The van der Waals surface area contributed by atoms with Gasteiger partial charge in [-0.25, -0.2) is 0 Å². The van der Waals surface area contributed by atoms with Gasteiger partial charge in [-0.2, -0.15) is 0 Å². The van der Waals surface area contributed by atoms with Crippen LogP contribution < -0.4 is 9.47 Å². The lowest BCUT2D eigenvalue weighted by atomic mass is 9.72. The fraction of sp³-hybridized carbons (Fsp3) is 0.500. The minimum Gasteiger partial charge on any atom is -0.493 e. The molecule has 5 atom stereocenters. The van der Waals surface area contributed by atoms with Gasteiger partial charge in [0.05, 0.1) is 19.8 Å². The monoisotopic (exact) mass is 439 g/mol. The molecular formula is C26H33NO5. The van der Waals surface area contributed by atoms with Crippen LogP contribution in [0.15, 0.2) is 48.5 Å². The van der Waals surface area contributed by atoms with Crippen LogP contribution in [0.2, 0.25) is 0 Å². The molecule has 1 saturated heterocycles. The first-order valence-electron chi connectivity index (χ1n) is 11.3. The Labute approximate surface area is 189 Å². The standard InChI is InChI=1S/C26H33NO5/c1-17(29)26(2)16-27(25(30)14-28)13-22(26)19-9-10-23(31-3)24(12-19)32-15-20-11-21(20)18-7-5-4-6-8-18/h4-10,12,17,20-22,28-29H,11,13-16H2,1-3H3/t17-,20?,21+,22+,26+/m1/s1. The van der Waals surface area contributed by atoms with E-state index in [1.807, 2.05) is 31.2 Å². The summed E-state index contributed by atoms with van der Waals surface area (Å²) in [7, 11) is 1.63. The molecule has 1 heterocycles. The summed E-state index contributed by atoms with van der Waals surface area (Å²) in [6.07, 6.45) is 0.501. The summed E-state index contributed by atoms with van der Waals surface area (Å²) in [6, 6.07) is 16.4. The molecule has 1 saturated carbocycles. The number of hydrogen-bond acceptors (Lipinski definition) is 5. The van der Waals surface area contributed by atoms with Gasteiger partial charge in [0.25, 0.3) is 0 Å². The zero-order valence-corrected chi connectivity index (χ0v) is 19.0. The van der Waals surface area contributed by atoms with Crippen LogP contribution in [-0.4, -0.2) is 60.5 Å². The Hall–Kier alpha value is -2.57. The third-order valence-electron chi connectivity index (χ3n) is 7.37. The second kappa shape index (κ2) is 9.12. The van der Waals surface area contributed by atoms with Gasteiger partial charge in [-0.1, -0.05) is 43.3 Å². The van der Waals surface area contributed by atoms with Crippen LogP contribution in [0.4, 0.5) is 0 Å². The number of aliphatic hydroxyl groups is 2. The number of nitrogens with zero attached hydrogens (tertiary/aromatic N) is 1. The second-order valence-electron chi connectivity index (χ2n) is 9.40. The van der Waals surface area contributed by atoms with Gasteiger partial charge in [0.1, 0.15) is 6.61 Å². The van der Waals surface area contributed by atoms with Crippen LogP contribution in [0.3, 0.4) is 0 Å². The van der Waals surface area contributed by atoms with Crippen molar-refractivity contribution in [1.82, 2.24) is 4.90 Å². The third-order valence-corrected chi connectivity index (χ3v) is 7.37. The molecule has 6 nitrogen and oxygen atoms in total. The van der Waals surface area contributed by atoms with Crippen molar-refractivity contribution in [2.45, 2.75) is 38.2 Å². The number of rotatable bonds is 8. The zero-order valence-electron chi connectivity index (χ0n) is 19.0. The Kier molecular flexibility index (Phi) is 6.45. The lowest BCUT2D eigenvalue weighted by Crippen LogP contribution is -2.38. The minimum atomic E-state index is -0.617. The van der Waals surface area contributed by atoms with Gasteiger partial charge in [-0.15, -0.1) is 0 Å². The Morgan fingerprint density at radius 1 is 1.19 bits per heavy atom. The fourth-order valence-corrected chi connectivity index (χ4v) is 4.97. The Bertz CT molecular complexity index is 946. The lowest BCUT2D eigenvalue weighted by Gasteiger charge is -2.33. The molecule has 2 aromatic rings. The molecule has 0 aromatic heterocycles. The number of carbonyl (C=O) groups excluding carboxylic acids is 1. The fourth-order valence-electron chi connectivity index (χ4n) is 4.97. The van der Waals surface area contributed by atoms with E-state index in [9.17, 15) is 15.0 Å².